The molecule has 0 heterocycles. The molecule has 0 saturated heterocycles. The van der Waals surface area contributed by atoms with Gasteiger partial charge in [-0.3, -0.25) is 4.55 Å². The minimum atomic E-state index is -4.74. The van der Waals surface area contributed by atoms with Crippen LogP contribution in [0.1, 0.15) is 0 Å². The third-order valence-corrected chi connectivity index (χ3v) is 1.54. The summed E-state index contributed by atoms with van der Waals surface area (Å²) in [5.74, 6) is -1.87. The average molecular weight is 206 g/mol. The molecule has 0 amide bonds. The number of benzene rings is 1. The maximum Gasteiger partial charge on any atom is 0.446 e. The Morgan fingerprint density at radius 1 is 1.15 bits per heavy atom. The summed E-state index contributed by atoms with van der Waals surface area (Å²) in [6, 6.07) is 3.47. The Kier molecular flexibility index (Phi) is 2.30. The Morgan fingerprint density at radius 2 is 1.62 bits per heavy atom. The molecule has 0 atom stereocenters. The number of aromatic hydroxyl groups is 2. The predicted molar refractivity (Wildman–Crippen MR) is 41.9 cm³/mol. The molecule has 0 aromatic heterocycles. The van der Waals surface area contributed by atoms with Crippen molar-refractivity contribution >= 4 is 10.4 Å². The van der Waals surface area contributed by atoms with Gasteiger partial charge >= 0.3 is 10.4 Å². The Morgan fingerprint density at radius 3 is 2.00 bits per heavy atom. The van der Waals surface area contributed by atoms with Crippen LogP contribution >= 0.6 is 0 Å². The van der Waals surface area contributed by atoms with Crippen LogP contribution in [0.2, 0.25) is 0 Å². The average Bonchev–Trinajstić information content (AvgIpc) is 1.95. The quantitative estimate of drug-likeness (QED) is 0.600. The lowest BCUT2D eigenvalue weighted by molar-refractivity contribution is 0.354. The van der Waals surface area contributed by atoms with E-state index in [4.69, 9.17) is 14.8 Å². The third-order valence-electron chi connectivity index (χ3n) is 1.16. The van der Waals surface area contributed by atoms with Gasteiger partial charge in [0.15, 0.2) is 11.5 Å². The van der Waals surface area contributed by atoms with E-state index in [1.54, 1.807) is 0 Å². The molecule has 1 rings (SSSR count). The molecule has 0 fully saturated rings. The van der Waals surface area contributed by atoms with Crippen molar-refractivity contribution < 1.29 is 27.4 Å². The van der Waals surface area contributed by atoms with Crippen molar-refractivity contribution in [1.82, 2.24) is 0 Å². The van der Waals surface area contributed by atoms with Crippen LogP contribution in [0, 0.1) is 0 Å². The van der Waals surface area contributed by atoms with E-state index in [2.05, 4.69) is 4.18 Å². The van der Waals surface area contributed by atoms with Gasteiger partial charge in [-0.05, 0) is 12.1 Å². The van der Waals surface area contributed by atoms with E-state index in [9.17, 15) is 8.42 Å². The molecular weight excluding hydrogens is 200 g/mol. The van der Waals surface area contributed by atoms with E-state index in [0.29, 0.717) is 0 Å². The SMILES string of the molecule is O=S(=O)(O)Oc1c(O)cccc1O. The van der Waals surface area contributed by atoms with Gasteiger partial charge in [-0.15, -0.1) is 0 Å². The highest BCUT2D eigenvalue weighted by Crippen LogP contribution is 2.35. The fourth-order valence-corrected chi connectivity index (χ4v) is 1.09. The van der Waals surface area contributed by atoms with E-state index in [-0.39, 0.29) is 0 Å². The molecule has 72 valence electrons. The van der Waals surface area contributed by atoms with E-state index >= 15 is 0 Å². The van der Waals surface area contributed by atoms with Crippen molar-refractivity contribution in [1.29, 1.82) is 0 Å². The van der Waals surface area contributed by atoms with Gasteiger partial charge in [-0.1, -0.05) is 6.07 Å². The monoisotopic (exact) mass is 206 g/mol. The van der Waals surface area contributed by atoms with Crippen molar-refractivity contribution in [3.8, 4) is 17.2 Å². The van der Waals surface area contributed by atoms with Crippen molar-refractivity contribution in [3.05, 3.63) is 18.2 Å². The molecule has 1 aromatic carbocycles. The molecule has 13 heavy (non-hydrogen) atoms. The molecule has 0 spiro atoms. The first-order valence-electron chi connectivity index (χ1n) is 3.08. The van der Waals surface area contributed by atoms with Crippen molar-refractivity contribution in [2.24, 2.45) is 0 Å². The van der Waals surface area contributed by atoms with Gasteiger partial charge in [0.25, 0.3) is 0 Å². The number of hydrogen-bond acceptors (Lipinski definition) is 5. The van der Waals surface area contributed by atoms with E-state index in [1.165, 1.54) is 6.07 Å². The second kappa shape index (κ2) is 3.11. The summed E-state index contributed by atoms with van der Waals surface area (Å²) in [4.78, 5) is 0. The van der Waals surface area contributed by atoms with E-state index in [1.807, 2.05) is 0 Å². The number of hydrogen-bond donors (Lipinski definition) is 3. The molecular formula is C6H6O6S. The molecule has 3 N–H and O–H groups in total. The van der Waals surface area contributed by atoms with Crippen LogP contribution in [-0.2, 0) is 10.4 Å². The Labute approximate surface area is 74.0 Å². The second-order valence-corrected chi connectivity index (χ2v) is 3.16. The Hall–Kier alpha value is -1.47. The zero-order chi connectivity index (χ0) is 10.1. The topological polar surface area (TPSA) is 104 Å². The first-order valence-corrected chi connectivity index (χ1v) is 4.44. The molecule has 0 aliphatic carbocycles. The van der Waals surface area contributed by atoms with Crippen LogP contribution in [0.15, 0.2) is 18.2 Å². The fraction of sp³-hybridized carbons (Fsp3) is 0. The Balaban J connectivity index is 3.15. The summed E-state index contributed by atoms with van der Waals surface area (Å²) >= 11 is 0. The number of phenolic OH excluding ortho intramolecular Hbond substituents is 2. The van der Waals surface area contributed by atoms with Gasteiger partial charge in [-0.2, -0.15) is 8.42 Å². The normalized spacial score (nSPS) is 11.2. The molecule has 0 aliphatic heterocycles. The lowest BCUT2D eigenvalue weighted by atomic mass is 10.3. The van der Waals surface area contributed by atoms with Gasteiger partial charge in [0.05, 0.1) is 0 Å². The first kappa shape index (κ1) is 9.62. The van der Waals surface area contributed by atoms with Gasteiger partial charge in [-0.25, -0.2) is 0 Å². The largest absolute Gasteiger partial charge is 0.504 e. The van der Waals surface area contributed by atoms with Gasteiger partial charge < -0.3 is 14.4 Å². The summed E-state index contributed by atoms with van der Waals surface area (Å²) in [7, 11) is -4.74. The summed E-state index contributed by atoms with van der Waals surface area (Å²) in [6.07, 6.45) is 0. The van der Waals surface area contributed by atoms with Crippen molar-refractivity contribution in [2.75, 3.05) is 0 Å². The summed E-state index contributed by atoms with van der Waals surface area (Å²) in [5, 5.41) is 18.0. The first-order chi connectivity index (χ1) is 5.90. The molecule has 1 aromatic rings. The van der Waals surface area contributed by atoms with Crippen LogP contribution in [-0.4, -0.2) is 23.2 Å². The maximum atomic E-state index is 10.2. The summed E-state index contributed by atoms with van der Waals surface area (Å²) < 4.78 is 32.6. The van der Waals surface area contributed by atoms with Crippen molar-refractivity contribution in [2.45, 2.75) is 0 Å². The molecule has 7 heteroatoms. The second-order valence-electron chi connectivity index (χ2n) is 2.14. The zero-order valence-electron chi connectivity index (χ0n) is 6.21. The predicted octanol–water partition coefficient (Wildman–Crippen LogP) is 0.279. The van der Waals surface area contributed by atoms with Crippen LogP contribution < -0.4 is 4.18 Å². The van der Waals surface area contributed by atoms with E-state index < -0.39 is 27.6 Å². The standard InChI is InChI=1S/C6H6O6S/c7-4-2-1-3-5(8)6(4)12-13(9,10)11/h1-3,7-8H,(H,9,10,11). The third kappa shape index (κ3) is 2.49. The fourth-order valence-electron chi connectivity index (χ4n) is 0.704. The van der Waals surface area contributed by atoms with Crippen LogP contribution in [0.5, 0.6) is 17.2 Å². The molecule has 0 radical (unpaired) electrons. The molecule has 0 unspecified atom stereocenters. The highest BCUT2D eigenvalue weighted by molar-refractivity contribution is 7.81. The smallest absolute Gasteiger partial charge is 0.446 e. The van der Waals surface area contributed by atoms with Gasteiger partial charge in [0, 0.05) is 0 Å². The van der Waals surface area contributed by atoms with Crippen LogP contribution in [0.25, 0.3) is 0 Å². The number of para-hydroxylation sites is 1. The lowest BCUT2D eigenvalue weighted by Gasteiger charge is -2.04. The minimum absolute atomic E-state index is 0.586. The molecule has 6 nitrogen and oxygen atoms in total. The lowest BCUT2D eigenvalue weighted by Crippen LogP contribution is -2.06. The number of phenols is 2. The zero-order valence-corrected chi connectivity index (χ0v) is 7.02. The van der Waals surface area contributed by atoms with Crippen LogP contribution in [0.3, 0.4) is 0 Å². The highest BCUT2D eigenvalue weighted by atomic mass is 32.3. The molecule has 0 aliphatic rings. The van der Waals surface area contributed by atoms with Gasteiger partial charge in [0.1, 0.15) is 0 Å². The maximum absolute atomic E-state index is 10.2. The van der Waals surface area contributed by atoms with Crippen molar-refractivity contribution in [3.63, 3.8) is 0 Å². The summed E-state index contributed by atoms with van der Waals surface area (Å²) in [5.41, 5.74) is 0. The Bertz CT molecular complexity index is 389. The number of rotatable bonds is 2. The minimum Gasteiger partial charge on any atom is -0.504 e. The highest BCUT2D eigenvalue weighted by Gasteiger charge is 2.15. The van der Waals surface area contributed by atoms with Crippen LogP contribution in [0.4, 0.5) is 0 Å². The van der Waals surface area contributed by atoms with Gasteiger partial charge in [0.2, 0.25) is 5.75 Å². The summed E-state index contributed by atoms with van der Waals surface area (Å²) in [6.45, 7) is 0. The molecule has 0 saturated carbocycles. The molecule has 0 bridgehead atoms. The van der Waals surface area contributed by atoms with E-state index in [0.717, 1.165) is 12.1 Å².